The van der Waals surface area contributed by atoms with E-state index in [2.05, 4.69) is 38.9 Å². The van der Waals surface area contributed by atoms with Gasteiger partial charge in [-0.05, 0) is 48.9 Å². The SMILES string of the molecule is CC(C)C1CCN(c2ccc3c(C(=O)NCC(c4cnc(C(F)(F)F)nc4)N4CCOCC4)cccc3n2)CC1. The molecule has 214 valence electrons. The van der Waals surface area contributed by atoms with E-state index in [1.165, 1.54) is 12.4 Å². The monoisotopic (exact) mass is 556 g/mol. The van der Waals surface area contributed by atoms with E-state index < -0.39 is 18.0 Å². The largest absolute Gasteiger partial charge is 0.451 e. The fraction of sp³-hybridized carbons (Fsp3) is 0.517. The molecule has 0 aliphatic carbocycles. The van der Waals surface area contributed by atoms with Gasteiger partial charge < -0.3 is 15.0 Å². The van der Waals surface area contributed by atoms with Gasteiger partial charge in [-0.15, -0.1) is 0 Å². The first-order valence-electron chi connectivity index (χ1n) is 13.8. The van der Waals surface area contributed by atoms with Gasteiger partial charge in [-0.3, -0.25) is 9.69 Å². The maximum atomic E-state index is 13.4. The molecule has 2 saturated heterocycles. The number of ether oxygens (including phenoxy) is 1. The zero-order valence-corrected chi connectivity index (χ0v) is 22.8. The van der Waals surface area contributed by atoms with E-state index in [4.69, 9.17) is 9.72 Å². The molecule has 4 heterocycles. The number of hydrogen-bond acceptors (Lipinski definition) is 7. The van der Waals surface area contributed by atoms with Crippen LogP contribution in [0.1, 0.15) is 54.5 Å². The number of halogens is 3. The number of piperidine rings is 1. The second-order valence-corrected chi connectivity index (χ2v) is 10.8. The van der Waals surface area contributed by atoms with E-state index in [0.29, 0.717) is 43.3 Å². The molecule has 2 fully saturated rings. The van der Waals surface area contributed by atoms with Gasteiger partial charge in [-0.2, -0.15) is 13.2 Å². The lowest BCUT2D eigenvalue weighted by molar-refractivity contribution is -0.145. The number of nitrogens with one attached hydrogen (secondary N) is 1. The van der Waals surface area contributed by atoms with Crippen LogP contribution in [-0.4, -0.2) is 71.7 Å². The van der Waals surface area contributed by atoms with Crippen molar-refractivity contribution in [3.05, 3.63) is 59.7 Å². The van der Waals surface area contributed by atoms with Crippen LogP contribution in [0.2, 0.25) is 0 Å². The van der Waals surface area contributed by atoms with E-state index in [9.17, 15) is 18.0 Å². The summed E-state index contributed by atoms with van der Waals surface area (Å²) in [4.78, 5) is 29.7. The topological polar surface area (TPSA) is 83.5 Å². The van der Waals surface area contributed by atoms with Crippen LogP contribution in [0.25, 0.3) is 10.9 Å². The molecule has 8 nitrogen and oxygen atoms in total. The van der Waals surface area contributed by atoms with E-state index in [-0.39, 0.29) is 12.5 Å². The number of aromatic nitrogens is 3. The summed E-state index contributed by atoms with van der Waals surface area (Å²) in [6, 6.07) is 9.02. The summed E-state index contributed by atoms with van der Waals surface area (Å²) >= 11 is 0. The molecule has 0 spiro atoms. The standard InChI is InChI=1S/C29H35F3N6O2/c1-19(2)20-8-10-38(11-9-20)26-7-6-22-23(4-3-5-24(22)36-26)27(39)33-18-25(37-12-14-40-15-13-37)21-16-34-28(35-17-21)29(30,31)32/h3-7,16-17,19-20,25H,8-15,18H2,1-2H3,(H,33,39). The first-order valence-corrected chi connectivity index (χ1v) is 13.8. The Morgan fingerprint density at radius 2 is 1.75 bits per heavy atom. The lowest BCUT2D eigenvalue weighted by Crippen LogP contribution is -2.44. The predicted molar refractivity (Wildman–Crippen MR) is 146 cm³/mol. The van der Waals surface area contributed by atoms with Gasteiger partial charge >= 0.3 is 6.18 Å². The van der Waals surface area contributed by atoms with Crippen LogP contribution in [0.15, 0.2) is 42.7 Å². The minimum Gasteiger partial charge on any atom is -0.379 e. The number of rotatable bonds is 7. The molecule has 1 aromatic carbocycles. The molecule has 1 unspecified atom stereocenters. The zero-order chi connectivity index (χ0) is 28.3. The molecule has 3 aromatic rings. The Hall–Kier alpha value is -3.31. The average Bonchev–Trinajstić information content (AvgIpc) is 2.97. The fourth-order valence-corrected chi connectivity index (χ4v) is 5.60. The average molecular weight is 557 g/mol. The first kappa shape index (κ1) is 28.2. The maximum Gasteiger partial charge on any atom is 0.451 e. The van der Waals surface area contributed by atoms with E-state index >= 15 is 0 Å². The van der Waals surface area contributed by atoms with Crippen molar-refractivity contribution in [2.45, 2.75) is 38.9 Å². The fourth-order valence-electron chi connectivity index (χ4n) is 5.60. The normalized spacial score (nSPS) is 18.3. The van der Waals surface area contributed by atoms with Gasteiger partial charge in [0.1, 0.15) is 5.82 Å². The molecule has 11 heteroatoms. The van der Waals surface area contributed by atoms with Crippen LogP contribution >= 0.6 is 0 Å². The van der Waals surface area contributed by atoms with Gasteiger partial charge in [-0.25, -0.2) is 15.0 Å². The summed E-state index contributed by atoms with van der Waals surface area (Å²) in [7, 11) is 0. The lowest BCUT2D eigenvalue weighted by atomic mass is 9.87. The van der Waals surface area contributed by atoms with Crippen LogP contribution in [0.5, 0.6) is 0 Å². The van der Waals surface area contributed by atoms with Crippen molar-refractivity contribution in [3.63, 3.8) is 0 Å². The zero-order valence-electron chi connectivity index (χ0n) is 22.8. The van der Waals surface area contributed by atoms with Gasteiger partial charge in [0.15, 0.2) is 0 Å². The summed E-state index contributed by atoms with van der Waals surface area (Å²) in [5.74, 6) is 0.878. The van der Waals surface area contributed by atoms with Crippen LogP contribution in [0.4, 0.5) is 19.0 Å². The van der Waals surface area contributed by atoms with Crippen LogP contribution in [0.3, 0.4) is 0 Å². The van der Waals surface area contributed by atoms with Crippen molar-refractivity contribution >= 4 is 22.6 Å². The summed E-state index contributed by atoms with van der Waals surface area (Å²) < 4.78 is 44.5. The summed E-state index contributed by atoms with van der Waals surface area (Å²) in [6.07, 6.45) is 0.0566. The highest BCUT2D eigenvalue weighted by molar-refractivity contribution is 6.06. The minimum absolute atomic E-state index is 0.181. The summed E-state index contributed by atoms with van der Waals surface area (Å²) in [5.41, 5.74) is 1.75. The van der Waals surface area contributed by atoms with Crippen molar-refractivity contribution in [1.82, 2.24) is 25.2 Å². The number of hydrogen-bond donors (Lipinski definition) is 1. The van der Waals surface area contributed by atoms with E-state index in [1.807, 2.05) is 24.3 Å². The van der Waals surface area contributed by atoms with Crippen molar-refractivity contribution in [2.75, 3.05) is 50.8 Å². The highest BCUT2D eigenvalue weighted by Gasteiger charge is 2.35. The molecule has 0 radical (unpaired) electrons. The summed E-state index contributed by atoms with van der Waals surface area (Å²) in [6.45, 7) is 8.84. The number of benzene rings is 1. The Labute approximate surface area is 231 Å². The first-order chi connectivity index (χ1) is 19.2. The molecule has 0 saturated carbocycles. The molecule has 2 aliphatic rings. The smallest absolute Gasteiger partial charge is 0.379 e. The molecule has 0 bridgehead atoms. The Morgan fingerprint density at radius 1 is 1.05 bits per heavy atom. The number of carbonyl (C=O) groups excluding carboxylic acids is 1. The molecular weight excluding hydrogens is 521 g/mol. The number of fused-ring (bicyclic) bond motifs is 1. The lowest BCUT2D eigenvalue weighted by Gasteiger charge is -2.34. The van der Waals surface area contributed by atoms with Crippen molar-refractivity contribution in [3.8, 4) is 0 Å². The van der Waals surface area contributed by atoms with Gasteiger partial charge in [0.2, 0.25) is 5.82 Å². The van der Waals surface area contributed by atoms with E-state index in [0.717, 1.165) is 48.6 Å². The molecule has 2 aliphatic heterocycles. The van der Waals surface area contributed by atoms with Crippen molar-refractivity contribution in [1.29, 1.82) is 0 Å². The van der Waals surface area contributed by atoms with Gasteiger partial charge in [0.25, 0.3) is 5.91 Å². The minimum atomic E-state index is -4.62. The van der Waals surface area contributed by atoms with Crippen LogP contribution < -0.4 is 10.2 Å². The van der Waals surface area contributed by atoms with Gasteiger partial charge in [-0.1, -0.05) is 19.9 Å². The van der Waals surface area contributed by atoms with E-state index in [1.54, 1.807) is 6.07 Å². The third-order valence-electron chi connectivity index (χ3n) is 8.02. The number of morpholine rings is 1. The molecule has 1 atom stereocenters. The van der Waals surface area contributed by atoms with Crippen LogP contribution in [0, 0.1) is 11.8 Å². The number of anilines is 1. The van der Waals surface area contributed by atoms with Gasteiger partial charge in [0, 0.05) is 61.6 Å². The Kier molecular flexibility index (Phi) is 8.51. The molecule has 40 heavy (non-hydrogen) atoms. The second-order valence-electron chi connectivity index (χ2n) is 10.8. The Morgan fingerprint density at radius 3 is 2.40 bits per heavy atom. The van der Waals surface area contributed by atoms with Crippen LogP contribution in [-0.2, 0) is 10.9 Å². The second kappa shape index (κ2) is 12.1. The quantitative estimate of drug-likeness (QED) is 0.451. The van der Waals surface area contributed by atoms with Gasteiger partial charge in [0.05, 0.1) is 24.8 Å². The number of pyridine rings is 1. The third kappa shape index (κ3) is 6.36. The Bertz CT molecular complexity index is 1300. The van der Waals surface area contributed by atoms with Crippen molar-refractivity contribution in [2.24, 2.45) is 11.8 Å². The highest BCUT2D eigenvalue weighted by atomic mass is 19.4. The highest BCUT2D eigenvalue weighted by Crippen LogP contribution is 2.30. The molecule has 1 amide bonds. The number of amides is 1. The molecule has 2 aromatic heterocycles. The summed E-state index contributed by atoms with van der Waals surface area (Å²) in [5, 5.41) is 3.74. The molecule has 5 rings (SSSR count). The maximum absolute atomic E-state index is 13.4. The van der Waals surface area contributed by atoms with Crippen molar-refractivity contribution < 1.29 is 22.7 Å². The molecule has 1 N–H and O–H groups in total. The number of carbonyl (C=O) groups is 1. The number of alkyl halides is 3. The number of nitrogens with zero attached hydrogens (tertiary/aromatic N) is 5. The molecular formula is C29H35F3N6O2. The Balaban J connectivity index is 1.31. The third-order valence-corrected chi connectivity index (χ3v) is 8.02. The predicted octanol–water partition coefficient (Wildman–Crippen LogP) is 4.72.